The molecule has 31 heavy (non-hydrogen) atoms. The first-order chi connectivity index (χ1) is 14.8. The summed E-state index contributed by atoms with van der Waals surface area (Å²) in [5, 5.41) is 7.90. The van der Waals surface area contributed by atoms with Crippen LogP contribution in [0.3, 0.4) is 0 Å². The Morgan fingerprint density at radius 2 is 1.71 bits per heavy atom. The summed E-state index contributed by atoms with van der Waals surface area (Å²) in [6, 6.07) is 14.0. The van der Waals surface area contributed by atoms with Crippen LogP contribution in [0.15, 0.2) is 48.5 Å². The minimum absolute atomic E-state index is 0.268. The molecule has 0 saturated carbocycles. The Hall–Kier alpha value is -3.68. The number of amides is 5. The summed E-state index contributed by atoms with van der Waals surface area (Å²) in [5.41, 5.74) is 1.95. The Morgan fingerprint density at radius 3 is 2.42 bits per heavy atom. The van der Waals surface area contributed by atoms with Gasteiger partial charge in [-0.05, 0) is 43.0 Å². The van der Waals surface area contributed by atoms with Crippen molar-refractivity contribution in [3.05, 3.63) is 65.2 Å². The van der Waals surface area contributed by atoms with Crippen LogP contribution >= 0.6 is 0 Å². The molecule has 1 fully saturated rings. The monoisotopic (exact) mass is 422 g/mol. The molecule has 1 atom stereocenters. The van der Waals surface area contributed by atoms with E-state index in [1.165, 1.54) is 0 Å². The molecule has 0 aromatic heterocycles. The van der Waals surface area contributed by atoms with E-state index in [1.54, 1.807) is 25.1 Å². The fourth-order valence-electron chi connectivity index (χ4n) is 3.68. The number of imide groups is 1. The van der Waals surface area contributed by atoms with Crippen molar-refractivity contribution >= 4 is 29.4 Å². The lowest BCUT2D eigenvalue weighted by Crippen LogP contribution is -2.44. The molecular weight excluding hydrogens is 396 g/mol. The van der Waals surface area contributed by atoms with Crippen LogP contribution in [0, 0.1) is 6.92 Å². The molecule has 0 radical (unpaired) electrons. The molecule has 1 aliphatic heterocycles. The Bertz CT molecular complexity index is 1040. The van der Waals surface area contributed by atoms with Crippen molar-refractivity contribution in [3.8, 4) is 0 Å². The average Bonchev–Trinajstić information content (AvgIpc) is 2.96. The maximum atomic E-state index is 13.0. The lowest BCUT2D eigenvalue weighted by molar-refractivity contribution is -0.135. The number of carbonyl (C=O) groups is 4. The SMILES string of the molecule is CCc1ccccc1NC(=O)CNC(=O)CN1C(=O)NC(C)(c2ccccc2C)C1=O. The summed E-state index contributed by atoms with van der Waals surface area (Å²) in [6.45, 7) is 4.72. The van der Waals surface area contributed by atoms with Gasteiger partial charge in [0.2, 0.25) is 11.8 Å². The van der Waals surface area contributed by atoms with Crippen LogP contribution in [0.2, 0.25) is 0 Å². The molecular formula is C23H26N4O4. The van der Waals surface area contributed by atoms with E-state index in [1.807, 2.05) is 44.2 Å². The number of hydrogen-bond acceptors (Lipinski definition) is 4. The number of rotatable bonds is 7. The minimum atomic E-state index is -1.25. The van der Waals surface area contributed by atoms with Gasteiger partial charge in [-0.1, -0.05) is 49.4 Å². The van der Waals surface area contributed by atoms with E-state index < -0.39 is 35.8 Å². The highest BCUT2D eigenvalue weighted by Crippen LogP contribution is 2.30. The number of carbonyl (C=O) groups excluding carboxylic acids is 4. The zero-order chi connectivity index (χ0) is 22.6. The molecule has 0 spiro atoms. The number of nitrogens with one attached hydrogen (secondary N) is 3. The van der Waals surface area contributed by atoms with E-state index in [-0.39, 0.29) is 6.54 Å². The predicted molar refractivity (Wildman–Crippen MR) is 116 cm³/mol. The highest BCUT2D eigenvalue weighted by atomic mass is 16.2. The van der Waals surface area contributed by atoms with Crippen LogP contribution < -0.4 is 16.0 Å². The number of anilines is 1. The Morgan fingerprint density at radius 1 is 1.03 bits per heavy atom. The maximum absolute atomic E-state index is 13.0. The molecule has 1 aliphatic rings. The Labute approximate surface area is 181 Å². The Balaban J connectivity index is 1.59. The van der Waals surface area contributed by atoms with E-state index in [4.69, 9.17) is 0 Å². The first-order valence-electron chi connectivity index (χ1n) is 10.1. The van der Waals surface area contributed by atoms with Crippen molar-refractivity contribution in [2.45, 2.75) is 32.7 Å². The summed E-state index contributed by atoms with van der Waals surface area (Å²) in [4.78, 5) is 50.7. The maximum Gasteiger partial charge on any atom is 0.325 e. The van der Waals surface area contributed by atoms with Crippen molar-refractivity contribution in [2.24, 2.45) is 0 Å². The molecule has 2 aromatic rings. The van der Waals surface area contributed by atoms with Gasteiger partial charge in [-0.15, -0.1) is 0 Å². The van der Waals surface area contributed by atoms with Crippen molar-refractivity contribution < 1.29 is 19.2 Å². The molecule has 1 unspecified atom stereocenters. The third-order valence-corrected chi connectivity index (χ3v) is 5.38. The van der Waals surface area contributed by atoms with E-state index in [9.17, 15) is 19.2 Å². The van der Waals surface area contributed by atoms with Gasteiger partial charge in [-0.2, -0.15) is 0 Å². The van der Waals surface area contributed by atoms with Gasteiger partial charge in [0.05, 0.1) is 6.54 Å². The molecule has 162 valence electrons. The molecule has 8 nitrogen and oxygen atoms in total. The van der Waals surface area contributed by atoms with E-state index >= 15 is 0 Å². The van der Waals surface area contributed by atoms with E-state index in [0.717, 1.165) is 22.4 Å². The van der Waals surface area contributed by atoms with Crippen LogP contribution in [0.1, 0.15) is 30.5 Å². The Kier molecular flexibility index (Phi) is 6.39. The fourth-order valence-corrected chi connectivity index (χ4v) is 3.68. The van der Waals surface area contributed by atoms with Crippen LogP contribution in [-0.4, -0.2) is 41.7 Å². The van der Waals surface area contributed by atoms with Crippen molar-refractivity contribution in [1.82, 2.24) is 15.5 Å². The molecule has 5 amide bonds. The van der Waals surface area contributed by atoms with Crippen LogP contribution in [0.5, 0.6) is 0 Å². The lowest BCUT2D eigenvalue weighted by Gasteiger charge is -2.24. The topological polar surface area (TPSA) is 108 Å². The standard InChI is InChI=1S/C23H26N4O4/c1-4-16-10-6-8-12-18(16)25-19(28)13-24-20(29)14-27-21(30)23(3,26-22(27)31)17-11-7-5-9-15(17)2/h5-12H,4,13-14H2,1-3H3,(H,24,29)(H,25,28)(H,26,31). The van der Waals surface area contributed by atoms with Crippen LogP contribution in [0.4, 0.5) is 10.5 Å². The van der Waals surface area contributed by atoms with Gasteiger partial charge in [-0.25, -0.2) is 4.79 Å². The predicted octanol–water partition coefficient (Wildman–Crippen LogP) is 2.08. The number of benzene rings is 2. The van der Waals surface area contributed by atoms with Gasteiger partial charge in [0.25, 0.3) is 5.91 Å². The molecule has 3 N–H and O–H groups in total. The molecule has 0 bridgehead atoms. The molecule has 0 aliphatic carbocycles. The molecule has 2 aromatic carbocycles. The second kappa shape index (κ2) is 8.99. The number of hydrogen-bond donors (Lipinski definition) is 3. The zero-order valence-corrected chi connectivity index (χ0v) is 17.8. The van der Waals surface area contributed by atoms with Gasteiger partial charge in [0.1, 0.15) is 12.1 Å². The molecule has 1 heterocycles. The van der Waals surface area contributed by atoms with Crippen molar-refractivity contribution in [3.63, 3.8) is 0 Å². The van der Waals surface area contributed by atoms with Gasteiger partial charge in [0.15, 0.2) is 0 Å². The zero-order valence-electron chi connectivity index (χ0n) is 17.8. The smallest absolute Gasteiger partial charge is 0.325 e. The third-order valence-electron chi connectivity index (χ3n) is 5.38. The number of urea groups is 1. The second-order valence-electron chi connectivity index (χ2n) is 7.60. The molecule has 8 heteroatoms. The van der Waals surface area contributed by atoms with Crippen LogP contribution in [-0.2, 0) is 26.3 Å². The quantitative estimate of drug-likeness (QED) is 0.594. The van der Waals surface area contributed by atoms with Crippen LogP contribution in [0.25, 0.3) is 0 Å². The third kappa shape index (κ3) is 4.58. The summed E-state index contributed by atoms with van der Waals surface area (Å²) in [6.07, 6.45) is 0.759. The fraction of sp³-hybridized carbons (Fsp3) is 0.304. The molecule has 1 saturated heterocycles. The normalized spacial score (nSPS) is 18.0. The highest BCUT2D eigenvalue weighted by Gasteiger charge is 2.49. The first kappa shape index (κ1) is 22.0. The lowest BCUT2D eigenvalue weighted by atomic mass is 9.88. The number of para-hydroxylation sites is 1. The van der Waals surface area contributed by atoms with Crippen molar-refractivity contribution in [1.29, 1.82) is 0 Å². The van der Waals surface area contributed by atoms with E-state index in [0.29, 0.717) is 11.3 Å². The average molecular weight is 422 g/mol. The van der Waals surface area contributed by atoms with Gasteiger partial charge >= 0.3 is 6.03 Å². The first-order valence-corrected chi connectivity index (χ1v) is 10.1. The van der Waals surface area contributed by atoms with Gasteiger partial charge in [0, 0.05) is 5.69 Å². The summed E-state index contributed by atoms with van der Waals surface area (Å²) in [7, 11) is 0. The summed E-state index contributed by atoms with van der Waals surface area (Å²) >= 11 is 0. The molecule has 3 rings (SSSR count). The minimum Gasteiger partial charge on any atom is -0.345 e. The van der Waals surface area contributed by atoms with Crippen molar-refractivity contribution in [2.75, 3.05) is 18.4 Å². The summed E-state index contributed by atoms with van der Waals surface area (Å²) in [5.74, 6) is -1.50. The summed E-state index contributed by atoms with van der Waals surface area (Å²) < 4.78 is 0. The number of nitrogens with zero attached hydrogens (tertiary/aromatic N) is 1. The number of aryl methyl sites for hydroxylation is 2. The van der Waals surface area contributed by atoms with E-state index in [2.05, 4.69) is 16.0 Å². The second-order valence-corrected chi connectivity index (χ2v) is 7.60. The van der Waals surface area contributed by atoms with Gasteiger partial charge < -0.3 is 16.0 Å². The van der Waals surface area contributed by atoms with Gasteiger partial charge in [-0.3, -0.25) is 19.3 Å². The highest BCUT2D eigenvalue weighted by molar-refractivity contribution is 6.09. The largest absolute Gasteiger partial charge is 0.345 e.